The number of ether oxygens (including phenoxy) is 1. The van der Waals surface area contributed by atoms with E-state index in [4.69, 9.17) is 20.9 Å². The Labute approximate surface area is 139 Å². The Morgan fingerprint density at radius 1 is 1.43 bits per heavy atom. The first kappa shape index (κ1) is 14.8. The van der Waals surface area contributed by atoms with Crippen LogP contribution in [0, 0.1) is 11.3 Å². The number of halogens is 1. The molecule has 0 amide bonds. The number of rotatable bonds is 3. The van der Waals surface area contributed by atoms with Crippen LogP contribution >= 0.6 is 11.6 Å². The van der Waals surface area contributed by atoms with E-state index < -0.39 is 5.41 Å². The summed E-state index contributed by atoms with van der Waals surface area (Å²) >= 11 is 5.96. The lowest BCUT2D eigenvalue weighted by Gasteiger charge is -2.11. The van der Waals surface area contributed by atoms with E-state index in [0.29, 0.717) is 10.9 Å². The van der Waals surface area contributed by atoms with Crippen molar-refractivity contribution >= 4 is 17.6 Å². The van der Waals surface area contributed by atoms with Crippen LogP contribution in [0.2, 0.25) is 5.02 Å². The molecule has 0 aliphatic heterocycles. The summed E-state index contributed by atoms with van der Waals surface area (Å²) in [6.07, 6.45) is 2.63. The molecule has 1 heterocycles. The van der Waals surface area contributed by atoms with Gasteiger partial charge in [0.15, 0.2) is 0 Å². The fraction of sp³-hybridized carbons (Fsp3) is 0.444. The molecule has 0 saturated heterocycles. The Balaban J connectivity index is 1.74. The summed E-state index contributed by atoms with van der Waals surface area (Å²) in [5.74, 6) is 1.18. The first-order valence-corrected chi connectivity index (χ1v) is 8.34. The molecular formula is C18H18ClNO3. The van der Waals surface area contributed by atoms with E-state index >= 15 is 0 Å². The van der Waals surface area contributed by atoms with E-state index in [-0.39, 0.29) is 11.9 Å². The van der Waals surface area contributed by atoms with Crippen LogP contribution in [0.15, 0.2) is 28.8 Å². The summed E-state index contributed by atoms with van der Waals surface area (Å²) in [5, 5.41) is 4.99. The van der Waals surface area contributed by atoms with E-state index in [2.05, 4.69) is 5.16 Å². The molecule has 4 nitrogen and oxygen atoms in total. The number of fused-ring (bicyclic) bond motifs is 3. The molecule has 0 radical (unpaired) electrons. The number of carbonyl (C=O) groups excluding carboxylic acids is 1. The molecule has 1 saturated carbocycles. The second kappa shape index (κ2) is 5.10. The van der Waals surface area contributed by atoms with Crippen LogP contribution in [-0.2, 0) is 16.0 Å². The smallest absolute Gasteiger partial charge is 0.312 e. The molecule has 3 unspecified atom stereocenters. The third-order valence-electron chi connectivity index (χ3n) is 5.58. The first-order chi connectivity index (χ1) is 11.1. The van der Waals surface area contributed by atoms with Gasteiger partial charge in [-0.25, -0.2) is 0 Å². The predicted molar refractivity (Wildman–Crippen MR) is 86.2 cm³/mol. The Morgan fingerprint density at radius 3 is 2.83 bits per heavy atom. The van der Waals surface area contributed by atoms with Crippen molar-refractivity contribution in [3.05, 3.63) is 40.6 Å². The number of aromatic nitrogens is 1. The van der Waals surface area contributed by atoms with Gasteiger partial charge in [-0.3, -0.25) is 4.79 Å². The molecule has 120 valence electrons. The van der Waals surface area contributed by atoms with Crippen molar-refractivity contribution in [1.82, 2.24) is 5.16 Å². The van der Waals surface area contributed by atoms with E-state index in [1.54, 1.807) is 0 Å². The minimum Gasteiger partial charge on any atom is -0.469 e. The van der Waals surface area contributed by atoms with Crippen molar-refractivity contribution in [2.75, 3.05) is 7.11 Å². The van der Waals surface area contributed by atoms with Crippen molar-refractivity contribution in [3.63, 3.8) is 0 Å². The zero-order chi connectivity index (χ0) is 16.2. The molecular weight excluding hydrogens is 314 g/mol. The first-order valence-electron chi connectivity index (χ1n) is 7.96. The summed E-state index contributed by atoms with van der Waals surface area (Å²) in [7, 11) is 1.46. The lowest BCUT2D eigenvalue weighted by atomic mass is 9.94. The highest BCUT2D eigenvalue weighted by Gasteiger charge is 2.72. The zero-order valence-corrected chi connectivity index (χ0v) is 13.9. The third kappa shape index (κ3) is 1.91. The van der Waals surface area contributed by atoms with Gasteiger partial charge in [0, 0.05) is 22.1 Å². The van der Waals surface area contributed by atoms with Gasteiger partial charge < -0.3 is 9.26 Å². The average Bonchev–Trinajstić information content (AvgIpc) is 3.07. The van der Waals surface area contributed by atoms with Crippen molar-refractivity contribution in [3.8, 4) is 11.3 Å². The van der Waals surface area contributed by atoms with E-state index in [1.165, 1.54) is 7.11 Å². The second-order valence-electron chi connectivity index (χ2n) is 6.39. The van der Waals surface area contributed by atoms with Crippen LogP contribution in [0.4, 0.5) is 0 Å². The fourth-order valence-corrected chi connectivity index (χ4v) is 4.52. The molecule has 1 aromatic carbocycles. The van der Waals surface area contributed by atoms with Gasteiger partial charge in [-0.1, -0.05) is 35.8 Å². The van der Waals surface area contributed by atoms with E-state index in [1.807, 2.05) is 31.2 Å². The van der Waals surface area contributed by atoms with Crippen LogP contribution in [0.3, 0.4) is 0 Å². The summed E-state index contributed by atoms with van der Waals surface area (Å²) in [6.45, 7) is 2.05. The monoisotopic (exact) mass is 331 g/mol. The quantitative estimate of drug-likeness (QED) is 0.790. The van der Waals surface area contributed by atoms with Gasteiger partial charge >= 0.3 is 5.97 Å². The molecule has 2 aliphatic rings. The van der Waals surface area contributed by atoms with Crippen LogP contribution < -0.4 is 0 Å². The standard InChI is InChI=1S/C18H18ClNO3/c1-3-18(17(21)22-2)13-9-8-12-15(20-23-16(12)14(13)18)10-4-6-11(19)7-5-10/h4-7,13-14H,3,8-9H2,1-2H3. The third-order valence-corrected chi connectivity index (χ3v) is 5.84. The van der Waals surface area contributed by atoms with Gasteiger partial charge in [-0.15, -0.1) is 0 Å². The van der Waals surface area contributed by atoms with Crippen LogP contribution in [-0.4, -0.2) is 18.2 Å². The summed E-state index contributed by atoms with van der Waals surface area (Å²) in [4.78, 5) is 12.3. The lowest BCUT2D eigenvalue weighted by molar-refractivity contribution is -0.148. The highest BCUT2D eigenvalue weighted by atomic mass is 35.5. The van der Waals surface area contributed by atoms with Crippen LogP contribution in [0.1, 0.15) is 37.0 Å². The molecule has 23 heavy (non-hydrogen) atoms. The van der Waals surface area contributed by atoms with Crippen molar-refractivity contribution < 1.29 is 14.1 Å². The van der Waals surface area contributed by atoms with E-state index in [0.717, 1.165) is 41.8 Å². The molecule has 0 bridgehead atoms. The number of benzene rings is 1. The topological polar surface area (TPSA) is 52.3 Å². The maximum atomic E-state index is 12.3. The van der Waals surface area contributed by atoms with Gasteiger partial charge in [0.1, 0.15) is 11.5 Å². The summed E-state index contributed by atoms with van der Waals surface area (Å²) < 4.78 is 10.8. The number of hydrogen-bond acceptors (Lipinski definition) is 4. The number of esters is 1. The number of hydrogen-bond donors (Lipinski definition) is 0. The SMILES string of the molecule is CCC1(C(=O)OC)C2CCc3c(-c4ccc(Cl)cc4)noc3C21. The number of carbonyl (C=O) groups is 1. The molecule has 0 spiro atoms. The largest absolute Gasteiger partial charge is 0.469 e. The minimum atomic E-state index is -0.420. The molecule has 4 rings (SSSR count). The molecule has 5 heteroatoms. The summed E-state index contributed by atoms with van der Waals surface area (Å²) in [5.41, 5.74) is 2.58. The Bertz CT molecular complexity index is 767. The maximum Gasteiger partial charge on any atom is 0.312 e. The summed E-state index contributed by atoms with van der Waals surface area (Å²) in [6, 6.07) is 7.61. The lowest BCUT2D eigenvalue weighted by Crippen LogP contribution is -2.20. The predicted octanol–water partition coefficient (Wildman–Crippen LogP) is 4.22. The Kier molecular flexibility index (Phi) is 3.27. The molecule has 0 N–H and O–H groups in total. The Hall–Kier alpha value is -1.81. The fourth-order valence-electron chi connectivity index (χ4n) is 4.40. The van der Waals surface area contributed by atoms with Gasteiger partial charge in [0.2, 0.25) is 0 Å². The number of methoxy groups -OCH3 is 1. The van der Waals surface area contributed by atoms with Gasteiger partial charge in [0.05, 0.1) is 12.5 Å². The minimum absolute atomic E-state index is 0.109. The van der Waals surface area contributed by atoms with Crippen LogP contribution in [0.5, 0.6) is 0 Å². The Morgan fingerprint density at radius 2 is 2.17 bits per heavy atom. The highest BCUT2D eigenvalue weighted by molar-refractivity contribution is 6.30. The molecule has 2 aliphatic carbocycles. The van der Waals surface area contributed by atoms with E-state index in [9.17, 15) is 4.79 Å². The van der Waals surface area contributed by atoms with Crippen molar-refractivity contribution in [2.45, 2.75) is 32.1 Å². The highest BCUT2D eigenvalue weighted by Crippen LogP contribution is 2.71. The molecule has 1 aromatic heterocycles. The molecule has 3 atom stereocenters. The maximum absolute atomic E-state index is 12.3. The normalized spacial score (nSPS) is 28.0. The zero-order valence-electron chi connectivity index (χ0n) is 13.1. The van der Waals surface area contributed by atoms with Gasteiger partial charge in [-0.05, 0) is 37.3 Å². The van der Waals surface area contributed by atoms with Crippen molar-refractivity contribution in [1.29, 1.82) is 0 Å². The van der Waals surface area contributed by atoms with Crippen LogP contribution in [0.25, 0.3) is 11.3 Å². The van der Waals surface area contributed by atoms with Gasteiger partial charge in [-0.2, -0.15) is 0 Å². The number of nitrogens with zero attached hydrogens (tertiary/aromatic N) is 1. The molecule has 1 fully saturated rings. The molecule has 2 aromatic rings. The second-order valence-corrected chi connectivity index (χ2v) is 6.83. The average molecular weight is 332 g/mol. The van der Waals surface area contributed by atoms with Gasteiger partial charge in [0.25, 0.3) is 0 Å². The van der Waals surface area contributed by atoms with Crippen molar-refractivity contribution in [2.24, 2.45) is 11.3 Å².